The summed E-state index contributed by atoms with van der Waals surface area (Å²) < 4.78 is 6.78. The van der Waals surface area contributed by atoms with Crippen LogP contribution in [0.4, 0.5) is 11.5 Å². The molecular formula is C9H18N4O. The molecule has 5 nitrogen and oxygen atoms in total. The van der Waals surface area contributed by atoms with E-state index < -0.39 is 0 Å². The molecule has 5 heteroatoms. The third-order valence-electron chi connectivity index (χ3n) is 2.07. The number of aryl methyl sites for hydroxylation is 2. The standard InChI is InChI=1S/C9H18N4O/c1-6(5-14-4)11-9-8(10)7(2)12-13(9)3/h6,11H,5,10H2,1-4H3. The summed E-state index contributed by atoms with van der Waals surface area (Å²) in [4.78, 5) is 0. The molecular weight excluding hydrogens is 180 g/mol. The van der Waals surface area contributed by atoms with Gasteiger partial charge < -0.3 is 15.8 Å². The Bertz CT molecular complexity index is 308. The molecule has 0 aliphatic carbocycles. The van der Waals surface area contributed by atoms with Crippen LogP contribution in [0.2, 0.25) is 0 Å². The van der Waals surface area contributed by atoms with Crippen molar-refractivity contribution in [2.45, 2.75) is 19.9 Å². The number of rotatable bonds is 4. The summed E-state index contributed by atoms with van der Waals surface area (Å²) in [6, 6.07) is 0.220. The topological polar surface area (TPSA) is 65.1 Å². The number of methoxy groups -OCH3 is 1. The lowest BCUT2D eigenvalue weighted by Crippen LogP contribution is -2.22. The minimum atomic E-state index is 0.220. The van der Waals surface area contributed by atoms with E-state index in [0.717, 1.165) is 11.5 Å². The number of anilines is 2. The maximum atomic E-state index is 5.86. The molecule has 0 radical (unpaired) electrons. The molecule has 0 aliphatic rings. The zero-order chi connectivity index (χ0) is 10.7. The Labute approximate surface area is 84.2 Å². The van der Waals surface area contributed by atoms with Gasteiger partial charge in [-0.2, -0.15) is 5.10 Å². The molecule has 0 bridgehead atoms. The second kappa shape index (κ2) is 4.32. The zero-order valence-electron chi connectivity index (χ0n) is 9.16. The van der Waals surface area contributed by atoms with Crippen molar-refractivity contribution in [3.63, 3.8) is 0 Å². The quantitative estimate of drug-likeness (QED) is 0.749. The lowest BCUT2D eigenvalue weighted by Gasteiger charge is -2.14. The molecule has 1 unspecified atom stereocenters. The summed E-state index contributed by atoms with van der Waals surface area (Å²) in [7, 11) is 3.54. The van der Waals surface area contributed by atoms with E-state index in [4.69, 9.17) is 10.5 Å². The number of hydrogen-bond donors (Lipinski definition) is 2. The Morgan fingerprint density at radius 2 is 2.29 bits per heavy atom. The van der Waals surface area contributed by atoms with Gasteiger partial charge in [-0.05, 0) is 13.8 Å². The first-order valence-corrected chi connectivity index (χ1v) is 4.60. The van der Waals surface area contributed by atoms with Gasteiger partial charge in [-0.25, -0.2) is 0 Å². The molecule has 3 N–H and O–H groups in total. The number of aromatic nitrogens is 2. The summed E-state index contributed by atoms with van der Waals surface area (Å²) in [5.74, 6) is 0.854. The van der Waals surface area contributed by atoms with Gasteiger partial charge in [0.15, 0.2) is 0 Å². The highest BCUT2D eigenvalue weighted by molar-refractivity contribution is 5.64. The van der Waals surface area contributed by atoms with Crippen LogP contribution < -0.4 is 11.1 Å². The fraction of sp³-hybridized carbons (Fsp3) is 0.667. The lowest BCUT2D eigenvalue weighted by molar-refractivity contribution is 0.190. The number of nitrogen functional groups attached to an aromatic ring is 1. The number of nitrogens with two attached hydrogens (primary N) is 1. The van der Waals surface area contributed by atoms with Crippen LogP contribution >= 0.6 is 0 Å². The summed E-state index contributed by atoms with van der Waals surface area (Å²) >= 11 is 0. The minimum Gasteiger partial charge on any atom is -0.394 e. The van der Waals surface area contributed by atoms with Gasteiger partial charge in [0.25, 0.3) is 0 Å². The first kappa shape index (κ1) is 10.8. The SMILES string of the molecule is COCC(C)Nc1c(N)c(C)nn1C. The summed E-state index contributed by atoms with van der Waals surface area (Å²) in [5, 5.41) is 7.46. The summed E-state index contributed by atoms with van der Waals surface area (Å²) in [6.45, 7) is 4.57. The Morgan fingerprint density at radius 3 is 2.71 bits per heavy atom. The Balaban J connectivity index is 2.75. The van der Waals surface area contributed by atoms with Gasteiger partial charge >= 0.3 is 0 Å². The highest BCUT2D eigenvalue weighted by Crippen LogP contribution is 2.21. The molecule has 0 saturated heterocycles. The van der Waals surface area contributed by atoms with Crippen molar-refractivity contribution in [2.24, 2.45) is 7.05 Å². The van der Waals surface area contributed by atoms with Crippen molar-refractivity contribution in [2.75, 3.05) is 24.8 Å². The summed E-state index contributed by atoms with van der Waals surface area (Å²) in [6.07, 6.45) is 0. The molecule has 80 valence electrons. The van der Waals surface area contributed by atoms with E-state index in [0.29, 0.717) is 12.3 Å². The number of nitrogens with zero attached hydrogens (tertiary/aromatic N) is 2. The monoisotopic (exact) mass is 198 g/mol. The predicted molar refractivity (Wildman–Crippen MR) is 57.3 cm³/mol. The van der Waals surface area contributed by atoms with Crippen LogP contribution in [0.15, 0.2) is 0 Å². The van der Waals surface area contributed by atoms with Gasteiger partial charge in [0, 0.05) is 20.2 Å². The molecule has 0 saturated carbocycles. The van der Waals surface area contributed by atoms with Crippen LogP contribution in [-0.4, -0.2) is 29.5 Å². The van der Waals surface area contributed by atoms with Gasteiger partial charge in [-0.1, -0.05) is 0 Å². The van der Waals surface area contributed by atoms with Crippen molar-refractivity contribution in [1.82, 2.24) is 9.78 Å². The predicted octanol–water partition coefficient (Wildman–Crippen LogP) is 0.758. The molecule has 1 aromatic heterocycles. The Kier molecular flexibility index (Phi) is 3.35. The summed E-state index contributed by atoms with van der Waals surface area (Å²) in [5.41, 5.74) is 7.41. The van der Waals surface area contributed by atoms with E-state index in [2.05, 4.69) is 10.4 Å². The first-order valence-electron chi connectivity index (χ1n) is 4.60. The van der Waals surface area contributed by atoms with E-state index in [9.17, 15) is 0 Å². The Morgan fingerprint density at radius 1 is 1.64 bits per heavy atom. The molecule has 0 aliphatic heterocycles. The second-order valence-corrected chi connectivity index (χ2v) is 3.47. The van der Waals surface area contributed by atoms with Crippen LogP contribution in [0.1, 0.15) is 12.6 Å². The van der Waals surface area contributed by atoms with E-state index in [1.54, 1.807) is 11.8 Å². The average molecular weight is 198 g/mol. The molecule has 0 amide bonds. The van der Waals surface area contributed by atoms with Gasteiger partial charge in [0.05, 0.1) is 18.0 Å². The van der Waals surface area contributed by atoms with E-state index in [1.165, 1.54) is 0 Å². The van der Waals surface area contributed by atoms with E-state index in [-0.39, 0.29) is 6.04 Å². The van der Waals surface area contributed by atoms with Crippen LogP contribution in [0, 0.1) is 6.92 Å². The number of hydrogen-bond acceptors (Lipinski definition) is 4. The molecule has 0 fully saturated rings. The highest BCUT2D eigenvalue weighted by Gasteiger charge is 2.11. The van der Waals surface area contributed by atoms with Crippen molar-refractivity contribution in [1.29, 1.82) is 0 Å². The zero-order valence-corrected chi connectivity index (χ0v) is 9.16. The van der Waals surface area contributed by atoms with Crippen molar-refractivity contribution in [3.8, 4) is 0 Å². The Hall–Kier alpha value is -1.23. The minimum absolute atomic E-state index is 0.220. The molecule has 14 heavy (non-hydrogen) atoms. The fourth-order valence-corrected chi connectivity index (χ4v) is 1.37. The van der Waals surface area contributed by atoms with Crippen LogP contribution in [0.5, 0.6) is 0 Å². The average Bonchev–Trinajstić information content (AvgIpc) is 2.33. The molecule has 1 heterocycles. The molecule has 0 aromatic carbocycles. The van der Waals surface area contributed by atoms with Crippen LogP contribution in [0.25, 0.3) is 0 Å². The maximum Gasteiger partial charge on any atom is 0.148 e. The van der Waals surface area contributed by atoms with Crippen LogP contribution in [0.3, 0.4) is 0 Å². The number of ether oxygens (including phenoxy) is 1. The number of nitrogens with one attached hydrogen (secondary N) is 1. The van der Waals surface area contributed by atoms with E-state index >= 15 is 0 Å². The molecule has 0 spiro atoms. The third kappa shape index (κ3) is 2.17. The maximum absolute atomic E-state index is 5.86. The van der Waals surface area contributed by atoms with Gasteiger partial charge in [-0.15, -0.1) is 0 Å². The van der Waals surface area contributed by atoms with Crippen LogP contribution in [-0.2, 0) is 11.8 Å². The largest absolute Gasteiger partial charge is 0.394 e. The van der Waals surface area contributed by atoms with Gasteiger partial charge in [-0.3, -0.25) is 4.68 Å². The highest BCUT2D eigenvalue weighted by atomic mass is 16.5. The van der Waals surface area contributed by atoms with Crippen molar-refractivity contribution in [3.05, 3.63) is 5.69 Å². The fourth-order valence-electron chi connectivity index (χ4n) is 1.37. The normalized spacial score (nSPS) is 12.9. The molecule has 1 rings (SSSR count). The second-order valence-electron chi connectivity index (χ2n) is 3.47. The smallest absolute Gasteiger partial charge is 0.148 e. The third-order valence-corrected chi connectivity index (χ3v) is 2.07. The van der Waals surface area contributed by atoms with Crippen molar-refractivity contribution < 1.29 is 4.74 Å². The van der Waals surface area contributed by atoms with Gasteiger partial charge in [0.1, 0.15) is 5.82 Å². The van der Waals surface area contributed by atoms with E-state index in [1.807, 2.05) is 20.9 Å². The van der Waals surface area contributed by atoms with Gasteiger partial charge in [0.2, 0.25) is 0 Å². The first-order chi connectivity index (χ1) is 6.56. The molecule has 1 atom stereocenters. The van der Waals surface area contributed by atoms with Crippen molar-refractivity contribution >= 4 is 11.5 Å². The molecule has 1 aromatic rings. The lowest BCUT2D eigenvalue weighted by atomic mass is 10.3.